The normalized spacial score (nSPS) is 11.3. The minimum atomic E-state index is -0.401. The SMILES string of the molecule is CC(C)(C)c1ccc(OCCCC(=O)Oc2ccc3c(=O)c(Oc4ccccc4Cl)coc3c2)cc1. The van der Waals surface area contributed by atoms with Crippen LogP contribution in [0.4, 0.5) is 0 Å². The van der Waals surface area contributed by atoms with Gasteiger partial charge in [-0.25, -0.2) is 0 Å². The van der Waals surface area contributed by atoms with Gasteiger partial charge in [-0.1, -0.05) is 56.6 Å². The minimum absolute atomic E-state index is 0.00777. The molecule has 3 aromatic carbocycles. The molecule has 0 atom stereocenters. The average molecular weight is 507 g/mol. The Morgan fingerprint density at radius 2 is 1.67 bits per heavy atom. The zero-order valence-electron chi connectivity index (χ0n) is 20.4. The van der Waals surface area contributed by atoms with Crippen LogP contribution in [0.5, 0.6) is 23.0 Å². The van der Waals surface area contributed by atoms with E-state index in [-0.39, 0.29) is 34.3 Å². The van der Waals surface area contributed by atoms with Gasteiger partial charge in [-0.15, -0.1) is 0 Å². The second-order valence-corrected chi connectivity index (χ2v) is 9.73. The lowest BCUT2D eigenvalue weighted by Gasteiger charge is -2.19. The highest BCUT2D eigenvalue weighted by molar-refractivity contribution is 6.32. The van der Waals surface area contributed by atoms with E-state index < -0.39 is 5.97 Å². The van der Waals surface area contributed by atoms with E-state index in [2.05, 4.69) is 20.8 Å². The summed E-state index contributed by atoms with van der Waals surface area (Å²) in [6.07, 6.45) is 1.91. The van der Waals surface area contributed by atoms with Crippen LogP contribution < -0.4 is 19.6 Å². The summed E-state index contributed by atoms with van der Waals surface area (Å²) in [5.41, 5.74) is 1.23. The number of halogens is 1. The predicted octanol–water partition coefficient (Wildman–Crippen LogP) is 7.30. The minimum Gasteiger partial charge on any atom is -0.494 e. The number of carbonyl (C=O) groups excluding carboxylic acids is 1. The first kappa shape index (κ1) is 25.3. The van der Waals surface area contributed by atoms with Crippen molar-refractivity contribution in [3.63, 3.8) is 0 Å². The molecule has 186 valence electrons. The highest BCUT2D eigenvalue weighted by Gasteiger charge is 2.14. The monoisotopic (exact) mass is 506 g/mol. The predicted molar refractivity (Wildman–Crippen MR) is 140 cm³/mol. The lowest BCUT2D eigenvalue weighted by Crippen LogP contribution is -2.11. The van der Waals surface area contributed by atoms with E-state index in [0.29, 0.717) is 29.2 Å². The molecule has 6 nitrogen and oxygen atoms in total. The number of fused-ring (bicyclic) bond motifs is 1. The molecule has 0 saturated heterocycles. The van der Waals surface area contributed by atoms with Gasteiger partial charge in [0.1, 0.15) is 29.1 Å². The molecule has 1 aromatic heterocycles. The summed E-state index contributed by atoms with van der Waals surface area (Å²) < 4.78 is 22.3. The zero-order chi connectivity index (χ0) is 25.7. The van der Waals surface area contributed by atoms with Crippen molar-refractivity contribution in [1.29, 1.82) is 0 Å². The number of para-hydroxylation sites is 1. The van der Waals surface area contributed by atoms with E-state index in [9.17, 15) is 9.59 Å². The van der Waals surface area contributed by atoms with E-state index in [1.165, 1.54) is 24.0 Å². The van der Waals surface area contributed by atoms with Gasteiger partial charge in [0.2, 0.25) is 11.2 Å². The molecular formula is C29H27ClO6. The van der Waals surface area contributed by atoms with Gasteiger partial charge in [0.25, 0.3) is 0 Å². The van der Waals surface area contributed by atoms with E-state index in [1.807, 2.05) is 24.3 Å². The van der Waals surface area contributed by atoms with Gasteiger partial charge in [0, 0.05) is 12.5 Å². The Labute approximate surface area is 214 Å². The van der Waals surface area contributed by atoms with E-state index in [4.69, 9.17) is 30.2 Å². The molecule has 0 radical (unpaired) electrons. The topological polar surface area (TPSA) is 75.0 Å². The van der Waals surface area contributed by atoms with Gasteiger partial charge in [-0.3, -0.25) is 9.59 Å². The van der Waals surface area contributed by atoms with Gasteiger partial charge < -0.3 is 18.6 Å². The van der Waals surface area contributed by atoms with Crippen LogP contribution in [-0.4, -0.2) is 12.6 Å². The standard InChI is InChI=1S/C29H27ClO6/c1-29(2,3)19-10-12-20(13-11-19)33-16-6-9-27(31)35-21-14-15-22-25(17-21)34-18-26(28(22)32)36-24-8-5-4-7-23(24)30/h4-5,7-8,10-15,17-18H,6,9,16H2,1-3H3. The highest BCUT2D eigenvalue weighted by atomic mass is 35.5. The maximum Gasteiger partial charge on any atom is 0.311 e. The fourth-order valence-corrected chi connectivity index (χ4v) is 3.69. The van der Waals surface area contributed by atoms with Crippen molar-refractivity contribution >= 4 is 28.5 Å². The second kappa shape index (κ2) is 10.9. The molecule has 4 aromatic rings. The average Bonchev–Trinajstić information content (AvgIpc) is 2.84. The van der Waals surface area contributed by atoms with Crippen molar-refractivity contribution in [2.45, 2.75) is 39.0 Å². The van der Waals surface area contributed by atoms with Crippen molar-refractivity contribution in [1.82, 2.24) is 0 Å². The number of carbonyl (C=O) groups is 1. The molecule has 7 heteroatoms. The maximum atomic E-state index is 12.8. The summed E-state index contributed by atoms with van der Waals surface area (Å²) in [6, 6.07) is 19.4. The molecular weight excluding hydrogens is 480 g/mol. The Balaban J connectivity index is 1.31. The van der Waals surface area contributed by atoms with Crippen molar-refractivity contribution in [2.75, 3.05) is 6.61 Å². The lowest BCUT2D eigenvalue weighted by molar-refractivity contribution is -0.134. The Bertz CT molecular complexity index is 1420. The lowest BCUT2D eigenvalue weighted by atomic mass is 9.87. The van der Waals surface area contributed by atoms with Crippen LogP contribution in [0.2, 0.25) is 5.02 Å². The summed E-state index contributed by atoms with van der Waals surface area (Å²) in [4.78, 5) is 25.1. The van der Waals surface area contributed by atoms with Gasteiger partial charge in [0.15, 0.2) is 0 Å². The number of benzene rings is 3. The van der Waals surface area contributed by atoms with E-state index in [1.54, 1.807) is 30.3 Å². The summed E-state index contributed by atoms with van der Waals surface area (Å²) in [6.45, 7) is 6.87. The summed E-state index contributed by atoms with van der Waals surface area (Å²) in [5, 5.41) is 0.674. The third kappa shape index (κ3) is 6.26. The van der Waals surface area contributed by atoms with Crippen LogP contribution in [-0.2, 0) is 10.2 Å². The molecule has 0 bridgehead atoms. The van der Waals surface area contributed by atoms with Crippen LogP contribution in [0, 0.1) is 0 Å². The van der Waals surface area contributed by atoms with Crippen molar-refractivity contribution in [3.8, 4) is 23.0 Å². The quantitative estimate of drug-likeness (QED) is 0.142. The van der Waals surface area contributed by atoms with Crippen LogP contribution in [0.15, 0.2) is 82.2 Å². The van der Waals surface area contributed by atoms with E-state index in [0.717, 1.165) is 5.75 Å². The van der Waals surface area contributed by atoms with Gasteiger partial charge in [-0.2, -0.15) is 0 Å². The fraction of sp³-hybridized carbons (Fsp3) is 0.241. The van der Waals surface area contributed by atoms with Crippen molar-refractivity contribution in [2.24, 2.45) is 0 Å². The molecule has 0 fully saturated rings. The number of esters is 1. The molecule has 0 saturated carbocycles. The third-order valence-electron chi connectivity index (χ3n) is 5.52. The molecule has 1 heterocycles. The third-order valence-corrected chi connectivity index (χ3v) is 5.83. The Morgan fingerprint density at radius 3 is 2.39 bits per heavy atom. The molecule has 0 spiro atoms. The van der Waals surface area contributed by atoms with Gasteiger partial charge in [0.05, 0.1) is 17.0 Å². The number of hydrogen-bond donors (Lipinski definition) is 0. The molecule has 0 unspecified atom stereocenters. The first-order valence-corrected chi connectivity index (χ1v) is 12.0. The number of rotatable bonds is 8. The summed E-state index contributed by atoms with van der Waals surface area (Å²) >= 11 is 6.10. The first-order valence-electron chi connectivity index (χ1n) is 11.6. The fourth-order valence-electron chi connectivity index (χ4n) is 3.51. The molecule has 4 rings (SSSR count). The summed E-state index contributed by atoms with van der Waals surface area (Å²) in [5.74, 6) is 1.01. The smallest absolute Gasteiger partial charge is 0.311 e. The Morgan fingerprint density at radius 1 is 0.944 bits per heavy atom. The molecule has 0 aliphatic rings. The van der Waals surface area contributed by atoms with Gasteiger partial charge in [-0.05, 0) is 53.8 Å². The molecule has 0 amide bonds. The highest BCUT2D eigenvalue weighted by Crippen LogP contribution is 2.29. The van der Waals surface area contributed by atoms with Crippen molar-refractivity contribution < 1.29 is 23.4 Å². The zero-order valence-corrected chi connectivity index (χ0v) is 21.1. The second-order valence-electron chi connectivity index (χ2n) is 9.32. The van der Waals surface area contributed by atoms with Crippen LogP contribution in [0.25, 0.3) is 11.0 Å². The molecule has 0 aliphatic heterocycles. The first-order chi connectivity index (χ1) is 17.2. The van der Waals surface area contributed by atoms with Crippen molar-refractivity contribution in [3.05, 3.63) is 93.8 Å². The Hall–Kier alpha value is -3.77. The molecule has 36 heavy (non-hydrogen) atoms. The van der Waals surface area contributed by atoms with Crippen LogP contribution in [0.1, 0.15) is 39.2 Å². The summed E-state index contributed by atoms with van der Waals surface area (Å²) in [7, 11) is 0. The molecule has 0 aliphatic carbocycles. The van der Waals surface area contributed by atoms with E-state index >= 15 is 0 Å². The molecule has 0 N–H and O–H groups in total. The maximum absolute atomic E-state index is 12.8. The Kier molecular flexibility index (Phi) is 7.65. The number of ether oxygens (including phenoxy) is 3. The van der Waals surface area contributed by atoms with Gasteiger partial charge >= 0.3 is 5.97 Å². The van der Waals surface area contributed by atoms with Crippen LogP contribution >= 0.6 is 11.6 Å². The largest absolute Gasteiger partial charge is 0.494 e. The number of hydrogen-bond acceptors (Lipinski definition) is 6. The van der Waals surface area contributed by atoms with Crippen LogP contribution in [0.3, 0.4) is 0 Å².